The molecule has 3 rings (SSSR count). The maximum Gasteiger partial charge on any atom is 0.165 e. The summed E-state index contributed by atoms with van der Waals surface area (Å²) in [5.74, 6) is 0.961. The smallest absolute Gasteiger partial charge is 0.165 e. The highest BCUT2D eigenvalue weighted by atomic mass is 35.5. The summed E-state index contributed by atoms with van der Waals surface area (Å²) in [7, 11) is 3.41. The Morgan fingerprint density at radius 2 is 1.83 bits per heavy atom. The van der Waals surface area contributed by atoms with Gasteiger partial charge in [-0.3, -0.25) is 9.80 Å². The van der Waals surface area contributed by atoms with Crippen molar-refractivity contribution in [3.05, 3.63) is 46.8 Å². The highest BCUT2D eigenvalue weighted by Crippen LogP contribution is 2.19. The van der Waals surface area contributed by atoms with Gasteiger partial charge in [0.2, 0.25) is 0 Å². The van der Waals surface area contributed by atoms with Crippen LogP contribution in [0.5, 0.6) is 5.75 Å². The molecule has 2 heterocycles. The fourth-order valence-electron chi connectivity index (χ4n) is 2.94. The average molecular weight is 353 g/mol. The molecule has 0 unspecified atom stereocenters. The normalized spacial score (nSPS) is 16.5. The van der Waals surface area contributed by atoms with Crippen molar-refractivity contribution in [3.63, 3.8) is 0 Å². The summed E-state index contributed by atoms with van der Waals surface area (Å²) in [6.07, 6.45) is 1.69. The fraction of sp³-hybridized carbons (Fsp3) is 0.471. The van der Waals surface area contributed by atoms with E-state index in [2.05, 4.69) is 14.8 Å². The predicted octanol–water partition coefficient (Wildman–Crippen LogP) is 2.54. The quantitative estimate of drug-likeness (QED) is 0.828. The number of halogens is 2. The molecule has 24 heavy (non-hydrogen) atoms. The van der Waals surface area contributed by atoms with Gasteiger partial charge in [-0.05, 0) is 17.7 Å². The molecule has 1 saturated heterocycles. The van der Waals surface area contributed by atoms with Crippen molar-refractivity contribution in [2.24, 2.45) is 7.05 Å². The molecular formula is C17H22ClFN4O. The molecule has 1 aliphatic heterocycles. The Kier molecular flexibility index (Phi) is 5.38. The number of ether oxygens (including phenoxy) is 1. The van der Waals surface area contributed by atoms with Gasteiger partial charge in [-0.2, -0.15) is 0 Å². The van der Waals surface area contributed by atoms with Crippen LogP contribution in [0.15, 0.2) is 24.4 Å². The van der Waals surface area contributed by atoms with E-state index in [1.165, 1.54) is 7.11 Å². The van der Waals surface area contributed by atoms with E-state index < -0.39 is 0 Å². The van der Waals surface area contributed by atoms with Crippen LogP contribution in [0.25, 0.3) is 0 Å². The van der Waals surface area contributed by atoms with Gasteiger partial charge in [-0.15, -0.1) is 0 Å². The zero-order valence-electron chi connectivity index (χ0n) is 14.0. The molecule has 1 aromatic carbocycles. The Hall–Kier alpha value is -1.63. The Labute approximate surface area is 146 Å². The van der Waals surface area contributed by atoms with E-state index in [1.807, 2.05) is 17.7 Å². The fourth-order valence-corrected chi connectivity index (χ4v) is 3.09. The standard InChI is InChI=1S/C17H22ClFN4O/c1-21-16(18)10-20-17(21)12-23-7-5-22(6-8-23)11-13-3-4-15(24-2)14(19)9-13/h3-4,9-10H,5-8,11-12H2,1-2H3. The van der Waals surface area contributed by atoms with Crippen molar-refractivity contribution < 1.29 is 9.13 Å². The molecule has 1 aliphatic rings. The van der Waals surface area contributed by atoms with E-state index >= 15 is 0 Å². The number of methoxy groups -OCH3 is 1. The van der Waals surface area contributed by atoms with Gasteiger partial charge in [-0.25, -0.2) is 9.37 Å². The number of hydrogen-bond donors (Lipinski definition) is 0. The third-order valence-electron chi connectivity index (χ3n) is 4.48. The summed E-state index contributed by atoms with van der Waals surface area (Å²) >= 11 is 6.03. The second-order valence-electron chi connectivity index (χ2n) is 6.08. The highest BCUT2D eigenvalue weighted by Gasteiger charge is 2.19. The molecule has 0 radical (unpaired) electrons. The number of aromatic nitrogens is 2. The lowest BCUT2D eigenvalue weighted by Crippen LogP contribution is -2.45. The van der Waals surface area contributed by atoms with Crippen molar-refractivity contribution in [2.75, 3.05) is 33.3 Å². The molecular weight excluding hydrogens is 331 g/mol. The van der Waals surface area contributed by atoms with Crippen LogP contribution in [0.1, 0.15) is 11.4 Å². The molecule has 130 valence electrons. The highest BCUT2D eigenvalue weighted by molar-refractivity contribution is 6.29. The van der Waals surface area contributed by atoms with E-state index in [0.717, 1.165) is 50.7 Å². The van der Waals surface area contributed by atoms with Crippen LogP contribution in [0.3, 0.4) is 0 Å². The third-order valence-corrected chi connectivity index (χ3v) is 4.83. The van der Waals surface area contributed by atoms with Crippen molar-refractivity contribution in [2.45, 2.75) is 13.1 Å². The van der Waals surface area contributed by atoms with Crippen molar-refractivity contribution >= 4 is 11.6 Å². The van der Waals surface area contributed by atoms with Crippen molar-refractivity contribution in [1.82, 2.24) is 19.4 Å². The first kappa shape index (κ1) is 17.2. The summed E-state index contributed by atoms with van der Waals surface area (Å²) in [6, 6.07) is 5.16. The molecule has 0 aliphatic carbocycles. The molecule has 0 bridgehead atoms. The van der Waals surface area contributed by atoms with E-state index in [0.29, 0.717) is 5.15 Å². The molecule has 2 aromatic rings. The predicted molar refractivity (Wildman–Crippen MR) is 91.7 cm³/mol. The lowest BCUT2D eigenvalue weighted by Gasteiger charge is -2.34. The summed E-state index contributed by atoms with van der Waals surface area (Å²) in [6.45, 7) is 5.38. The number of rotatable bonds is 5. The first-order chi connectivity index (χ1) is 11.6. The molecule has 0 amide bonds. The molecule has 0 atom stereocenters. The minimum Gasteiger partial charge on any atom is -0.494 e. The van der Waals surface area contributed by atoms with Gasteiger partial charge in [0.1, 0.15) is 11.0 Å². The van der Waals surface area contributed by atoms with Gasteiger partial charge in [0, 0.05) is 39.8 Å². The van der Waals surface area contributed by atoms with E-state index in [4.69, 9.17) is 16.3 Å². The Morgan fingerprint density at radius 1 is 1.17 bits per heavy atom. The Morgan fingerprint density at radius 3 is 2.38 bits per heavy atom. The first-order valence-electron chi connectivity index (χ1n) is 8.00. The van der Waals surface area contributed by atoms with Crippen molar-refractivity contribution in [1.29, 1.82) is 0 Å². The summed E-state index contributed by atoms with van der Waals surface area (Å²) in [5, 5.41) is 0.658. The van der Waals surface area contributed by atoms with Gasteiger partial charge in [0.25, 0.3) is 0 Å². The largest absolute Gasteiger partial charge is 0.494 e. The van der Waals surface area contributed by atoms with Gasteiger partial charge in [0.15, 0.2) is 11.6 Å². The number of nitrogens with zero attached hydrogens (tertiary/aromatic N) is 4. The van der Waals surface area contributed by atoms with Crippen LogP contribution >= 0.6 is 11.6 Å². The SMILES string of the molecule is COc1ccc(CN2CCN(Cc3ncc(Cl)n3C)CC2)cc1F. The topological polar surface area (TPSA) is 33.5 Å². The average Bonchev–Trinajstić information content (AvgIpc) is 2.89. The number of piperazine rings is 1. The molecule has 0 N–H and O–H groups in total. The second-order valence-corrected chi connectivity index (χ2v) is 6.46. The van der Waals surface area contributed by atoms with Gasteiger partial charge < -0.3 is 9.30 Å². The van der Waals surface area contributed by atoms with E-state index in [9.17, 15) is 4.39 Å². The maximum absolute atomic E-state index is 13.8. The van der Waals surface area contributed by atoms with Crippen LogP contribution in [-0.4, -0.2) is 52.6 Å². The summed E-state index contributed by atoms with van der Waals surface area (Å²) in [5.41, 5.74) is 0.970. The minimum absolute atomic E-state index is 0.289. The molecule has 0 saturated carbocycles. The zero-order chi connectivity index (χ0) is 17.1. The van der Waals surface area contributed by atoms with Crippen LogP contribution in [0, 0.1) is 5.82 Å². The second kappa shape index (κ2) is 7.51. The van der Waals surface area contributed by atoms with Crippen LogP contribution in [-0.2, 0) is 20.1 Å². The lowest BCUT2D eigenvalue weighted by molar-refractivity contribution is 0.119. The van der Waals surface area contributed by atoms with Crippen LogP contribution in [0.4, 0.5) is 4.39 Å². The summed E-state index contributed by atoms with van der Waals surface area (Å²) < 4.78 is 20.6. The van der Waals surface area contributed by atoms with E-state index in [1.54, 1.807) is 18.3 Å². The zero-order valence-corrected chi connectivity index (χ0v) is 14.8. The third kappa shape index (κ3) is 3.88. The Bertz CT molecular complexity index is 698. The van der Waals surface area contributed by atoms with Crippen molar-refractivity contribution in [3.8, 4) is 5.75 Å². The number of benzene rings is 1. The first-order valence-corrected chi connectivity index (χ1v) is 8.38. The summed E-state index contributed by atoms with van der Waals surface area (Å²) in [4.78, 5) is 9.05. The molecule has 0 spiro atoms. The molecule has 1 fully saturated rings. The lowest BCUT2D eigenvalue weighted by atomic mass is 10.2. The Balaban J connectivity index is 1.52. The van der Waals surface area contributed by atoms with Gasteiger partial charge in [0.05, 0.1) is 19.9 Å². The maximum atomic E-state index is 13.8. The van der Waals surface area contributed by atoms with Crippen LogP contribution < -0.4 is 4.74 Å². The molecule has 1 aromatic heterocycles. The minimum atomic E-state index is -0.305. The molecule has 7 heteroatoms. The molecule has 5 nitrogen and oxygen atoms in total. The monoisotopic (exact) mass is 352 g/mol. The van der Waals surface area contributed by atoms with Gasteiger partial charge >= 0.3 is 0 Å². The number of imidazole rings is 1. The van der Waals surface area contributed by atoms with Gasteiger partial charge in [-0.1, -0.05) is 17.7 Å². The van der Waals surface area contributed by atoms with Crippen LogP contribution in [0.2, 0.25) is 5.15 Å². The van der Waals surface area contributed by atoms with E-state index in [-0.39, 0.29) is 11.6 Å². The number of hydrogen-bond acceptors (Lipinski definition) is 4.